The van der Waals surface area contributed by atoms with Crippen molar-refractivity contribution in [1.82, 2.24) is 0 Å². The number of hydrogen-bond acceptors (Lipinski definition) is 3. The summed E-state index contributed by atoms with van der Waals surface area (Å²) in [5.41, 5.74) is 2.09. The van der Waals surface area contributed by atoms with Gasteiger partial charge in [0.2, 0.25) is 0 Å². The van der Waals surface area contributed by atoms with Gasteiger partial charge in [0.15, 0.2) is 0 Å². The van der Waals surface area contributed by atoms with Crippen molar-refractivity contribution < 1.29 is 19.4 Å². The molecule has 0 radical (unpaired) electrons. The van der Waals surface area contributed by atoms with Crippen LogP contribution in [-0.2, 0) is 4.79 Å². The normalized spacial score (nSPS) is 12.1. The first-order valence-electron chi connectivity index (χ1n) is 6.41. The first-order chi connectivity index (χ1) is 10.1. The Bertz CT molecular complexity index is 613. The molecule has 2 rings (SSSR count). The van der Waals surface area contributed by atoms with Crippen molar-refractivity contribution in [2.24, 2.45) is 0 Å². The topological polar surface area (TPSA) is 57.5 Å². The van der Waals surface area contributed by atoms with E-state index in [1.54, 1.807) is 42.5 Å². The van der Waals surface area contributed by atoms with Crippen LogP contribution in [0.25, 0.3) is 11.1 Å². The van der Waals surface area contributed by atoms with E-state index in [1.165, 1.54) is 6.07 Å². The van der Waals surface area contributed by atoms with E-state index in [9.17, 15) is 14.3 Å². The van der Waals surface area contributed by atoms with Crippen molar-refractivity contribution >= 4 is 17.7 Å². The third-order valence-corrected chi connectivity index (χ3v) is 4.28. The van der Waals surface area contributed by atoms with Gasteiger partial charge in [0, 0.05) is 5.56 Å². The maximum Gasteiger partial charge on any atom is 0.313 e. The van der Waals surface area contributed by atoms with Gasteiger partial charge in [-0.1, -0.05) is 42.5 Å². The van der Waals surface area contributed by atoms with Crippen molar-refractivity contribution in [3.05, 3.63) is 59.9 Å². The molecule has 5 heteroatoms. The molecule has 110 valence electrons. The molecule has 1 atom stereocenters. The fraction of sp³-hybridized carbons (Fsp3) is 0.188. The zero-order chi connectivity index (χ0) is 15.2. The summed E-state index contributed by atoms with van der Waals surface area (Å²) in [6, 6.07) is 13.6. The summed E-state index contributed by atoms with van der Waals surface area (Å²) < 4.78 is 13.7. The summed E-state index contributed by atoms with van der Waals surface area (Å²) in [5, 5.41) is 17.7. The van der Waals surface area contributed by atoms with E-state index in [1.807, 2.05) is 0 Å². The highest BCUT2D eigenvalue weighted by atomic mass is 32.2. The number of aliphatic hydroxyl groups is 1. The number of aliphatic hydroxyl groups excluding tert-OH is 1. The fourth-order valence-electron chi connectivity index (χ4n) is 2.00. The summed E-state index contributed by atoms with van der Waals surface area (Å²) in [5.74, 6) is -1.27. The average molecular weight is 306 g/mol. The van der Waals surface area contributed by atoms with Crippen LogP contribution in [0.3, 0.4) is 0 Å². The highest BCUT2D eigenvalue weighted by Gasteiger charge is 2.13. The molecule has 2 N–H and O–H groups in total. The second-order valence-electron chi connectivity index (χ2n) is 4.48. The van der Waals surface area contributed by atoms with Crippen LogP contribution in [0.15, 0.2) is 48.5 Å². The molecule has 0 saturated carbocycles. The van der Waals surface area contributed by atoms with Crippen LogP contribution in [-0.4, -0.2) is 28.5 Å². The Morgan fingerprint density at radius 1 is 1.14 bits per heavy atom. The molecule has 0 saturated heterocycles. The van der Waals surface area contributed by atoms with Gasteiger partial charge >= 0.3 is 5.97 Å². The van der Waals surface area contributed by atoms with Crippen LogP contribution >= 0.6 is 11.8 Å². The van der Waals surface area contributed by atoms with E-state index < -0.39 is 5.97 Å². The van der Waals surface area contributed by atoms with Crippen LogP contribution in [0.5, 0.6) is 0 Å². The van der Waals surface area contributed by atoms with E-state index in [-0.39, 0.29) is 23.4 Å². The maximum atomic E-state index is 13.7. The number of carbonyl (C=O) groups is 1. The average Bonchev–Trinajstić information content (AvgIpc) is 2.49. The largest absolute Gasteiger partial charge is 0.481 e. The quantitative estimate of drug-likeness (QED) is 0.859. The van der Waals surface area contributed by atoms with E-state index >= 15 is 0 Å². The van der Waals surface area contributed by atoms with Gasteiger partial charge in [-0.3, -0.25) is 4.79 Å². The SMILES string of the molecule is O=C(O)CSC(CO)c1ccc(-c2ccccc2F)cc1. The number of benzene rings is 2. The minimum Gasteiger partial charge on any atom is -0.481 e. The molecule has 2 aromatic carbocycles. The summed E-state index contributed by atoms with van der Waals surface area (Å²) in [7, 11) is 0. The van der Waals surface area contributed by atoms with Crippen molar-refractivity contribution in [3.8, 4) is 11.1 Å². The molecular weight excluding hydrogens is 291 g/mol. The van der Waals surface area contributed by atoms with Crippen LogP contribution in [0.4, 0.5) is 4.39 Å². The number of hydrogen-bond donors (Lipinski definition) is 2. The lowest BCUT2D eigenvalue weighted by molar-refractivity contribution is -0.133. The van der Waals surface area contributed by atoms with Gasteiger partial charge in [0.05, 0.1) is 17.6 Å². The van der Waals surface area contributed by atoms with Crippen LogP contribution < -0.4 is 0 Å². The van der Waals surface area contributed by atoms with Gasteiger partial charge in [0.1, 0.15) is 5.82 Å². The van der Waals surface area contributed by atoms with E-state index in [2.05, 4.69) is 0 Å². The highest BCUT2D eigenvalue weighted by Crippen LogP contribution is 2.30. The lowest BCUT2D eigenvalue weighted by Crippen LogP contribution is -2.05. The van der Waals surface area contributed by atoms with Crippen molar-refractivity contribution in [2.45, 2.75) is 5.25 Å². The Labute approximate surface area is 126 Å². The minimum atomic E-state index is -0.915. The smallest absolute Gasteiger partial charge is 0.313 e. The van der Waals surface area contributed by atoms with Gasteiger partial charge in [-0.25, -0.2) is 4.39 Å². The molecule has 0 amide bonds. The summed E-state index contributed by atoms with van der Waals surface area (Å²) >= 11 is 1.16. The van der Waals surface area contributed by atoms with Crippen LogP contribution in [0.1, 0.15) is 10.8 Å². The second-order valence-corrected chi connectivity index (χ2v) is 5.67. The van der Waals surface area contributed by atoms with Gasteiger partial charge in [0.25, 0.3) is 0 Å². The monoisotopic (exact) mass is 306 g/mol. The minimum absolute atomic E-state index is 0.0692. The Kier molecular flexibility index (Phi) is 5.36. The van der Waals surface area contributed by atoms with Crippen molar-refractivity contribution in [1.29, 1.82) is 0 Å². The summed E-state index contributed by atoms with van der Waals surface area (Å²) in [6.45, 7) is -0.142. The molecular formula is C16H15FO3S. The molecule has 0 spiro atoms. The number of carboxylic acid groups (broad SMARTS) is 1. The Balaban J connectivity index is 2.18. The standard InChI is InChI=1S/C16H15FO3S/c17-14-4-2-1-3-13(14)11-5-7-12(8-6-11)15(9-18)21-10-16(19)20/h1-8,15,18H,9-10H2,(H,19,20). The lowest BCUT2D eigenvalue weighted by Gasteiger charge is -2.14. The first kappa shape index (κ1) is 15.5. The first-order valence-corrected chi connectivity index (χ1v) is 7.46. The molecule has 0 aliphatic heterocycles. The second kappa shape index (κ2) is 7.24. The molecule has 0 aliphatic rings. The predicted octanol–water partition coefficient (Wildman–Crippen LogP) is 3.34. The number of rotatable bonds is 6. The molecule has 0 heterocycles. The summed E-state index contributed by atoms with van der Waals surface area (Å²) in [6.07, 6.45) is 0. The molecule has 1 unspecified atom stereocenters. The molecule has 3 nitrogen and oxygen atoms in total. The molecule has 0 fully saturated rings. The Hall–Kier alpha value is -1.85. The third kappa shape index (κ3) is 4.06. The van der Waals surface area contributed by atoms with E-state index in [0.717, 1.165) is 22.9 Å². The predicted molar refractivity (Wildman–Crippen MR) is 81.8 cm³/mol. The number of aliphatic carboxylic acids is 1. The number of carboxylic acids is 1. The number of thioether (sulfide) groups is 1. The number of halogens is 1. The lowest BCUT2D eigenvalue weighted by atomic mass is 10.0. The molecule has 0 bridgehead atoms. The van der Waals surface area contributed by atoms with Gasteiger partial charge in [-0.2, -0.15) is 0 Å². The van der Waals surface area contributed by atoms with E-state index in [0.29, 0.717) is 5.56 Å². The molecule has 0 aromatic heterocycles. The summed E-state index contributed by atoms with van der Waals surface area (Å²) in [4.78, 5) is 10.6. The zero-order valence-corrected chi connectivity index (χ0v) is 12.0. The fourth-order valence-corrected chi connectivity index (χ4v) is 2.80. The van der Waals surface area contributed by atoms with Crippen molar-refractivity contribution in [3.63, 3.8) is 0 Å². The van der Waals surface area contributed by atoms with Gasteiger partial charge < -0.3 is 10.2 Å². The Morgan fingerprint density at radius 3 is 2.38 bits per heavy atom. The maximum absolute atomic E-state index is 13.7. The third-order valence-electron chi connectivity index (χ3n) is 3.04. The van der Waals surface area contributed by atoms with Crippen LogP contribution in [0.2, 0.25) is 0 Å². The van der Waals surface area contributed by atoms with Crippen LogP contribution in [0, 0.1) is 5.82 Å². The van der Waals surface area contributed by atoms with E-state index in [4.69, 9.17) is 5.11 Å². The highest BCUT2D eigenvalue weighted by molar-refractivity contribution is 8.00. The Morgan fingerprint density at radius 2 is 1.81 bits per heavy atom. The zero-order valence-electron chi connectivity index (χ0n) is 11.2. The van der Waals surface area contributed by atoms with Gasteiger partial charge in [-0.15, -0.1) is 11.8 Å². The molecule has 2 aromatic rings. The van der Waals surface area contributed by atoms with Crippen molar-refractivity contribution in [2.75, 3.05) is 12.4 Å². The van der Waals surface area contributed by atoms with Gasteiger partial charge in [-0.05, 0) is 17.2 Å². The molecule has 21 heavy (non-hydrogen) atoms. The molecule has 0 aliphatic carbocycles.